The van der Waals surface area contributed by atoms with Crippen molar-refractivity contribution in [2.45, 2.75) is 19.3 Å². The lowest BCUT2D eigenvalue weighted by Gasteiger charge is -2.47. The maximum absolute atomic E-state index is 11.5. The molecule has 0 N–H and O–H groups in total. The van der Waals surface area contributed by atoms with Crippen LogP contribution >= 0.6 is 0 Å². The zero-order valence-electron chi connectivity index (χ0n) is 6.49. The largest absolute Gasteiger partial charge is 0.299 e. The summed E-state index contributed by atoms with van der Waals surface area (Å²) in [4.78, 5) is 11.5. The quantitative estimate of drug-likeness (QED) is 0.508. The summed E-state index contributed by atoms with van der Waals surface area (Å²) in [5.41, 5.74) is 0. The van der Waals surface area contributed by atoms with Crippen LogP contribution in [0.15, 0.2) is 0 Å². The highest BCUT2D eigenvalue weighted by Crippen LogP contribution is 2.70. The molecule has 58 valence electrons. The van der Waals surface area contributed by atoms with Crippen molar-refractivity contribution in [3.8, 4) is 0 Å². The summed E-state index contributed by atoms with van der Waals surface area (Å²) >= 11 is 0. The first kappa shape index (κ1) is 5.34. The van der Waals surface area contributed by atoms with E-state index in [2.05, 4.69) is 0 Å². The average molecular weight is 148 g/mol. The normalized spacial score (nSPS) is 68.9. The molecule has 0 aromatic heterocycles. The van der Waals surface area contributed by atoms with Crippen LogP contribution in [0.5, 0.6) is 0 Å². The Morgan fingerprint density at radius 2 is 1.45 bits per heavy atom. The Morgan fingerprint density at radius 3 is 2.00 bits per heavy atom. The Labute approximate surface area is 66.2 Å². The van der Waals surface area contributed by atoms with Gasteiger partial charge in [0.15, 0.2) is 0 Å². The first-order valence-electron chi connectivity index (χ1n) is 4.90. The van der Waals surface area contributed by atoms with Crippen molar-refractivity contribution in [1.82, 2.24) is 0 Å². The second kappa shape index (κ2) is 1.30. The molecule has 4 unspecified atom stereocenters. The van der Waals surface area contributed by atoms with Gasteiger partial charge in [0.2, 0.25) is 0 Å². The van der Waals surface area contributed by atoms with Gasteiger partial charge in [0.25, 0.3) is 0 Å². The number of ketones is 1. The number of carbonyl (C=O) groups excluding carboxylic acids is 1. The van der Waals surface area contributed by atoms with Crippen molar-refractivity contribution in [1.29, 1.82) is 0 Å². The van der Waals surface area contributed by atoms with Gasteiger partial charge < -0.3 is 0 Å². The molecule has 6 saturated carbocycles. The van der Waals surface area contributed by atoms with Crippen LogP contribution in [0, 0.1) is 35.5 Å². The number of Topliss-reactive ketones (excluding diaryl/α,β-unsaturated/α-hetero) is 1. The van der Waals surface area contributed by atoms with Gasteiger partial charge in [-0.15, -0.1) is 0 Å². The summed E-state index contributed by atoms with van der Waals surface area (Å²) < 4.78 is 0. The van der Waals surface area contributed by atoms with Gasteiger partial charge in [-0.05, 0) is 42.9 Å². The molecule has 11 heavy (non-hydrogen) atoms. The third-order valence-corrected chi connectivity index (χ3v) is 4.86. The third kappa shape index (κ3) is 0.361. The van der Waals surface area contributed by atoms with Crippen molar-refractivity contribution in [3.05, 3.63) is 0 Å². The topological polar surface area (TPSA) is 17.1 Å². The Morgan fingerprint density at radius 1 is 0.909 bits per heavy atom. The molecule has 0 aliphatic heterocycles. The molecule has 6 bridgehead atoms. The molecule has 4 atom stereocenters. The number of rotatable bonds is 0. The van der Waals surface area contributed by atoms with E-state index < -0.39 is 0 Å². The predicted octanol–water partition coefficient (Wildman–Crippen LogP) is 1.48. The standard InChI is InChI=1S/C10H12O/c11-10-8-5-1-4-2-6(3-5)9(10)7(4)8/h4-9H,1-3H2. The fraction of sp³-hybridized carbons (Fsp3) is 0.900. The summed E-state index contributed by atoms with van der Waals surface area (Å²) in [6, 6.07) is 0. The van der Waals surface area contributed by atoms with E-state index in [-0.39, 0.29) is 0 Å². The molecule has 0 spiro atoms. The Balaban J connectivity index is 1.95. The predicted molar refractivity (Wildman–Crippen MR) is 39.8 cm³/mol. The van der Waals surface area contributed by atoms with Gasteiger partial charge in [-0.25, -0.2) is 0 Å². The van der Waals surface area contributed by atoms with Crippen LogP contribution < -0.4 is 0 Å². The average Bonchev–Trinajstić information content (AvgIpc) is 2.30. The van der Waals surface area contributed by atoms with E-state index in [1.807, 2.05) is 0 Å². The van der Waals surface area contributed by atoms with Crippen LogP contribution in [0.2, 0.25) is 0 Å². The summed E-state index contributed by atoms with van der Waals surface area (Å²) in [6.45, 7) is 0. The van der Waals surface area contributed by atoms with Crippen molar-refractivity contribution in [3.63, 3.8) is 0 Å². The minimum atomic E-state index is 0.573. The van der Waals surface area contributed by atoms with Crippen molar-refractivity contribution in [2.24, 2.45) is 35.5 Å². The van der Waals surface area contributed by atoms with E-state index in [9.17, 15) is 4.79 Å². The van der Waals surface area contributed by atoms with Gasteiger partial charge in [0.05, 0.1) is 0 Å². The molecular weight excluding hydrogens is 136 g/mol. The highest BCUT2D eigenvalue weighted by Gasteiger charge is 2.70. The van der Waals surface area contributed by atoms with E-state index in [4.69, 9.17) is 0 Å². The monoisotopic (exact) mass is 148 g/mol. The molecule has 0 radical (unpaired) electrons. The van der Waals surface area contributed by atoms with Crippen molar-refractivity contribution >= 4 is 5.78 Å². The fourth-order valence-electron chi connectivity index (χ4n) is 4.74. The minimum absolute atomic E-state index is 0.573. The molecule has 0 saturated heterocycles. The van der Waals surface area contributed by atoms with Crippen molar-refractivity contribution < 1.29 is 4.79 Å². The molecule has 0 aromatic rings. The van der Waals surface area contributed by atoms with E-state index in [0.717, 1.165) is 23.7 Å². The van der Waals surface area contributed by atoms with Gasteiger partial charge in [0.1, 0.15) is 5.78 Å². The first-order valence-corrected chi connectivity index (χ1v) is 4.90. The maximum Gasteiger partial charge on any atom is 0.140 e. The summed E-state index contributed by atoms with van der Waals surface area (Å²) in [6.07, 6.45) is 4.23. The Bertz CT molecular complexity index is 232. The van der Waals surface area contributed by atoms with E-state index >= 15 is 0 Å². The molecule has 1 nitrogen and oxygen atoms in total. The van der Waals surface area contributed by atoms with Gasteiger partial charge in [-0.1, -0.05) is 0 Å². The van der Waals surface area contributed by atoms with Crippen LogP contribution in [-0.2, 0) is 4.79 Å². The number of hydrogen-bond acceptors (Lipinski definition) is 1. The Hall–Kier alpha value is -0.330. The molecule has 6 fully saturated rings. The van der Waals surface area contributed by atoms with Crippen LogP contribution in [0.4, 0.5) is 0 Å². The molecule has 6 aliphatic carbocycles. The molecular formula is C10H12O. The van der Waals surface area contributed by atoms with E-state index in [0.29, 0.717) is 17.6 Å². The molecule has 6 rings (SSSR count). The molecule has 6 aliphatic rings. The lowest BCUT2D eigenvalue weighted by molar-refractivity contribution is -0.150. The fourth-order valence-corrected chi connectivity index (χ4v) is 4.74. The summed E-state index contributed by atoms with van der Waals surface area (Å²) in [7, 11) is 0. The lowest BCUT2D eigenvalue weighted by atomic mass is 9.55. The zero-order chi connectivity index (χ0) is 7.16. The van der Waals surface area contributed by atoms with Gasteiger partial charge in [0, 0.05) is 11.8 Å². The second-order valence-electron chi connectivity index (χ2n) is 5.02. The van der Waals surface area contributed by atoms with Crippen LogP contribution in [0.25, 0.3) is 0 Å². The van der Waals surface area contributed by atoms with Gasteiger partial charge in [-0.2, -0.15) is 0 Å². The minimum Gasteiger partial charge on any atom is -0.299 e. The highest BCUT2D eigenvalue weighted by molar-refractivity contribution is 5.92. The third-order valence-electron chi connectivity index (χ3n) is 4.86. The van der Waals surface area contributed by atoms with Crippen molar-refractivity contribution in [2.75, 3.05) is 0 Å². The lowest BCUT2D eigenvalue weighted by Crippen LogP contribution is -2.52. The maximum atomic E-state index is 11.5. The van der Waals surface area contributed by atoms with Crippen LogP contribution in [-0.4, -0.2) is 5.78 Å². The number of hydrogen-bond donors (Lipinski definition) is 0. The molecule has 0 aromatic carbocycles. The first-order chi connectivity index (χ1) is 5.36. The summed E-state index contributed by atoms with van der Waals surface area (Å²) in [5, 5.41) is 0. The van der Waals surface area contributed by atoms with Crippen LogP contribution in [0.3, 0.4) is 0 Å². The molecule has 0 heterocycles. The molecule has 1 heteroatoms. The SMILES string of the molecule is O=C1C2C3CC4CC(C3)C2C14. The summed E-state index contributed by atoms with van der Waals surface area (Å²) in [5.74, 6) is 5.39. The van der Waals surface area contributed by atoms with Crippen LogP contribution in [0.1, 0.15) is 19.3 Å². The highest BCUT2D eigenvalue weighted by atomic mass is 16.1. The smallest absolute Gasteiger partial charge is 0.140 e. The number of carbonyl (C=O) groups is 1. The van der Waals surface area contributed by atoms with E-state index in [1.165, 1.54) is 19.3 Å². The second-order valence-corrected chi connectivity index (χ2v) is 5.02. The molecule has 0 amide bonds. The van der Waals surface area contributed by atoms with E-state index in [1.54, 1.807) is 0 Å². The Kier molecular flexibility index (Phi) is 0.630. The zero-order valence-corrected chi connectivity index (χ0v) is 6.49. The van der Waals surface area contributed by atoms with Gasteiger partial charge >= 0.3 is 0 Å². The van der Waals surface area contributed by atoms with Gasteiger partial charge in [-0.3, -0.25) is 4.79 Å².